The van der Waals surface area contributed by atoms with E-state index in [1.165, 1.54) is 11.1 Å². The SMILES string of the molecule is COCC(C)n1c(-c2cc3ccccc3o2)csc1=Nc1cc(C)cc(C)c1. The van der Waals surface area contributed by atoms with Crippen LogP contribution in [0.3, 0.4) is 0 Å². The number of methoxy groups -OCH3 is 1. The van der Waals surface area contributed by atoms with Crippen LogP contribution in [0.25, 0.3) is 22.4 Å². The summed E-state index contributed by atoms with van der Waals surface area (Å²) in [6.07, 6.45) is 0. The van der Waals surface area contributed by atoms with Gasteiger partial charge in [0.1, 0.15) is 5.58 Å². The van der Waals surface area contributed by atoms with Gasteiger partial charge >= 0.3 is 0 Å². The number of nitrogens with zero attached hydrogens (tertiary/aromatic N) is 2. The first kappa shape index (κ1) is 18.7. The van der Waals surface area contributed by atoms with Crippen molar-refractivity contribution in [3.63, 3.8) is 0 Å². The second kappa shape index (κ2) is 7.78. The first-order chi connectivity index (χ1) is 13.5. The standard InChI is InChI=1S/C23H24N2O2S/c1-15-9-16(2)11-19(10-15)24-23-25(17(3)13-26-4)20(14-28-23)22-12-18-7-5-6-8-21(18)27-22/h5-12,14,17H,13H2,1-4H3. The summed E-state index contributed by atoms with van der Waals surface area (Å²) >= 11 is 1.62. The van der Waals surface area contributed by atoms with Gasteiger partial charge in [0.2, 0.25) is 0 Å². The van der Waals surface area contributed by atoms with E-state index in [9.17, 15) is 0 Å². The van der Waals surface area contributed by atoms with Crippen LogP contribution in [-0.4, -0.2) is 18.3 Å². The lowest BCUT2D eigenvalue weighted by Crippen LogP contribution is -2.22. The molecule has 4 aromatic rings. The third-order valence-corrected chi connectivity index (χ3v) is 5.54. The molecule has 0 N–H and O–H groups in total. The second-order valence-electron chi connectivity index (χ2n) is 7.18. The highest BCUT2D eigenvalue weighted by atomic mass is 32.1. The maximum Gasteiger partial charge on any atom is 0.190 e. The highest BCUT2D eigenvalue weighted by molar-refractivity contribution is 7.07. The molecule has 1 atom stereocenters. The van der Waals surface area contributed by atoms with Crippen molar-refractivity contribution in [2.24, 2.45) is 4.99 Å². The molecule has 28 heavy (non-hydrogen) atoms. The van der Waals surface area contributed by atoms with E-state index in [1.54, 1.807) is 18.4 Å². The lowest BCUT2D eigenvalue weighted by atomic mass is 10.1. The average molecular weight is 393 g/mol. The van der Waals surface area contributed by atoms with E-state index in [-0.39, 0.29) is 6.04 Å². The van der Waals surface area contributed by atoms with E-state index in [1.807, 2.05) is 18.2 Å². The molecule has 4 rings (SSSR count). The van der Waals surface area contributed by atoms with Gasteiger partial charge in [-0.2, -0.15) is 0 Å². The van der Waals surface area contributed by atoms with Gasteiger partial charge in [-0.05, 0) is 56.2 Å². The van der Waals surface area contributed by atoms with E-state index >= 15 is 0 Å². The van der Waals surface area contributed by atoms with Gasteiger partial charge in [0.25, 0.3) is 0 Å². The molecular weight excluding hydrogens is 368 g/mol. The van der Waals surface area contributed by atoms with Crippen LogP contribution in [0.5, 0.6) is 0 Å². The minimum atomic E-state index is 0.129. The molecule has 0 saturated heterocycles. The number of ether oxygens (including phenoxy) is 1. The summed E-state index contributed by atoms with van der Waals surface area (Å²) in [5.41, 5.74) is 5.30. The molecule has 0 aliphatic carbocycles. The van der Waals surface area contributed by atoms with Crippen molar-refractivity contribution in [1.29, 1.82) is 0 Å². The number of furan rings is 1. The maximum absolute atomic E-state index is 6.13. The van der Waals surface area contributed by atoms with Gasteiger partial charge in [0.15, 0.2) is 10.6 Å². The fourth-order valence-electron chi connectivity index (χ4n) is 3.56. The minimum Gasteiger partial charge on any atom is -0.454 e. The predicted molar refractivity (Wildman–Crippen MR) is 115 cm³/mol. The lowest BCUT2D eigenvalue weighted by Gasteiger charge is -2.15. The van der Waals surface area contributed by atoms with Crippen molar-refractivity contribution in [1.82, 2.24) is 4.57 Å². The summed E-state index contributed by atoms with van der Waals surface area (Å²) < 4.78 is 13.8. The number of para-hydroxylation sites is 1. The Labute approximate surface area is 168 Å². The van der Waals surface area contributed by atoms with Crippen LogP contribution in [-0.2, 0) is 4.74 Å². The zero-order valence-electron chi connectivity index (χ0n) is 16.6. The van der Waals surface area contributed by atoms with Gasteiger partial charge < -0.3 is 13.7 Å². The molecule has 0 saturated carbocycles. The van der Waals surface area contributed by atoms with Crippen molar-refractivity contribution >= 4 is 28.0 Å². The highest BCUT2D eigenvalue weighted by Gasteiger charge is 2.17. The van der Waals surface area contributed by atoms with Crippen LogP contribution in [0.4, 0.5) is 5.69 Å². The quantitative estimate of drug-likeness (QED) is 0.417. The van der Waals surface area contributed by atoms with Crippen LogP contribution in [0.15, 0.2) is 63.3 Å². The molecule has 1 unspecified atom stereocenters. The Morgan fingerprint density at radius 3 is 2.57 bits per heavy atom. The normalized spacial score (nSPS) is 13.4. The number of aromatic nitrogens is 1. The number of fused-ring (bicyclic) bond motifs is 1. The molecule has 5 heteroatoms. The Kier molecular flexibility index (Phi) is 5.20. The van der Waals surface area contributed by atoms with Crippen molar-refractivity contribution in [2.75, 3.05) is 13.7 Å². The van der Waals surface area contributed by atoms with Gasteiger partial charge in [-0.1, -0.05) is 24.3 Å². The van der Waals surface area contributed by atoms with Crippen molar-refractivity contribution in [3.05, 3.63) is 69.8 Å². The van der Waals surface area contributed by atoms with E-state index in [4.69, 9.17) is 14.1 Å². The number of hydrogen-bond acceptors (Lipinski definition) is 4. The highest BCUT2D eigenvalue weighted by Crippen LogP contribution is 2.30. The fourth-order valence-corrected chi connectivity index (χ4v) is 4.55. The Hall–Kier alpha value is -2.63. The first-order valence-electron chi connectivity index (χ1n) is 9.36. The third-order valence-electron chi connectivity index (χ3n) is 4.70. The molecule has 0 spiro atoms. The summed E-state index contributed by atoms with van der Waals surface area (Å²) in [4.78, 5) is 5.89. The fraction of sp³-hybridized carbons (Fsp3) is 0.261. The molecule has 2 aromatic carbocycles. The molecule has 0 amide bonds. The Morgan fingerprint density at radius 1 is 1.11 bits per heavy atom. The van der Waals surface area contributed by atoms with Crippen LogP contribution in [0.2, 0.25) is 0 Å². The number of rotatable bonds is 5. The Bertz CT molecular complexity index is 1130. The molecule has 0 bridgehead atoms. The molecule has 0 radical (unpaired) electrons. The average Bonchev–Trinajstić information content (AvgIpc) is 3.24. The van der Waals surface area contributed by atoms with Crippen molar-refractivity contribution in [3.8, 4) is 11.5 Å². The van der Waals surface area contributed by atoms with Crippen molar-refractivity contribution in [2.45, 2.75) is 26.8 Å². The summed E-state index contributed by atoms with van der Waals surface area (Å²) in [5.74, 6) is 0.849. The molecule has 0 fully saturated rings. The Balaban J connectivity index is 1.89. The number of benzene rings is 2. The molecule has 4 nitrogen and oxygen atoms in total. The molecule has 0 aliphatic rings. The van der Waals surface area contributed by atoms with Crippen LogP contribution in [0.1, 0.15) is 24.1 Å². The molecule has 0 aliphatic heterocycles. The largest absolute Gasteiger partial charge is 0.454 e. The monoisotopic (exact) mass is 392 g/mol. The molecule has 144 valence electrons. The van der Waals surface area contributed by atoms with Crippen LogP contribution >= 0.6 is 11.3 Å². The summed E-state index contributed by atoms with van der Waals surface area (Å²) in [7, 11) is 1.73. The van der Waals surface area contributed by atoms with E-state index in [0.717, 1.165) is 32.9 Å². The Morgan fingerprint density at radius 2 is 1.86 bits per heavy atom. The minimum absolute atomic E-state index is 0.129. The van der Waals surface area contributed by atoms with E-state index in [0.29, 0.717) is 6.61 Å². The summed E-state index contributed by atoms with van der Waals surface area (Å²) in [6, 6.07) is 16.7. The zero-order valence-corrected chi connectivity index (χ0v) is 17.4. The maximum atomic E-state index is 6.13. The molecular formula is C23H24N2O2S. The van der Waals surface area contributed by atoms with Crippen molar-refractivity contribution < 1.29 is 9.15 Å². The zero-order chi connectivity index (χ0) is 19.7. The van der Waals surface area contributed by atoms with Gasteiger partial charge in [0, 0.05) is 17.9 Å². The topological polar surface area (TPSA) is 39.7 Å². The lowest BCUT2D eigenvalue weighted by molar-refractivity contribution is 0.161. The smallest absolute Gasteiger partial charge is 0.190 e. The number of hydrogen-bond donors (Lipinski definition) is 0. The second-order valence-corrected chi connectivity index (χ2v) is 8.02. The van der Waals surface area contributed by atoms with Gasteiger partial charge in [-0.25, -0.2) is 4.99 Å². The van der Waals surface area contributed by atoms with Crippen LogP contribution in [0, 0.1) is 13.8 Å². The summed E-state index contributed by atoms with van der Waals surface area (Å²) in [6.45, 7) is 6.94. The molecule has 2 aromatic heterocycles. The van der Waals surface area contributed by atoms with E-state index < -0.39 is 0 Å². The van der Waals surface area contributed by atoms with Gasteiger partial charge in [0.05, 0.1) is 24.0 Å². The van der Waals surface area contributed by atoms with Gasteiger partial charge in [-0.3, -0.25) is 0 Å². The number of thiazole rings is 1. The summed E-state index contributed by atoms with van der Waals surface area (Å²) in [5, 5.41) is 3.22. The third kappa shape index (κ3) is 3.68. The first-order valence-corrected chi connectivity index (χ1v) is 10.2. The number of aryl methyl sites for hydroxylation is 2. The van der Waals surface area contributed by atoms with Gasteiger partial charge in [-0.15, -0.1) is 11.3 Å². The predicted octanol–water partition coefficient (Wildman–Crippen LogP) is 6.02. The van der Waals surface area contributed by atoms with E-state index in [2.05, 4.69) is 61.1 Å². The van der Waals surface area contributed by atoms with Crippen LogP contribution < -0.4 is 4.80 Å². The molecule has 2 heterocycles.